The van der Waals surface area contributed by atoms with E-state index in [-0.39, 0.29) is 18.2 Å². The number of hydrogen-bond donors (Lipinski definition) is 0. The fraction of sp³-hybridized carbons (Fsp3) is 0.579. The number of pyridine rings is 1. The third kappa shape index (κ3) is 3.77. The van der Waals surface area contributed by atoms with E-state index < -0.39 is 5.60 Å². The molecule has 7 heteroatoms. The van der Waals surface area contributed by atoms with Crippen molar-refractivity contribution >= 4 is 11.7 Å². The van der Waals surface area contributed by atoms with Crippen LogP contribution in [0.2, 0.25) is 0 Å². The Morgan fingerprint density at radius 3 is 2.62 bits per heavy atom. The molecular formula is C19H26N2O5. The van der Waals surface area contributed by atoms with Gasteiger partial charge in [-0.2, -0.15) is 4.98 Å². The van der Waals surface area contributed by atoms with E-state index in [9.17, 15) is 4.79 Å². The first-order valence-corrected chi connectivity index (χ1v) is 8.71. The molecule has 2 unspecified atom stereocenters. The van der Waals surface area contributed by atoms with Crippen LogP contribution in [0.3, 0.4) is 0 Å². The van der Waals surface area contributed by atoms with Crippen molar-refractivity contribution in [3.63, 3.8) is 0 Å². The molecule has 3 rings (SSSR count). The van der Waals surface area contributed by atoms with Crippen LogP contribution in [0.15, 0.2) is 18.2 Å². The lowest BCUT2D eigenvalue weighted by Gasteiger charge is -2.44. The number of rotatable bonds is 3. The fourth-order valence-electron chi connectivity index (χ4n) is 3.33. The molecule has 1 aromatic rings. The molecule has 1 amide bonds. The topological polar surface area (TPSA) is 70.1 Å². The van der Waals surface area contributed by atoms with Crippen LogP contribution >= 0.6 is 0 Å². The number of aromatic nitrogens is 1. The van der Waals surface area contributed by atoms with Gasteiger partial charge in [-0.15, -0.1) is 0 Å². The largest absolute Gasteiger partial charge is 0.481 e. The van der Waals surface area contributed by atoms with Gasteiger partial charge in [0.1, 0.15) is 5.60 Å². The van der Waals surface area contributed by atoms with Crippen LogP contribution in [0.25, 0.3) is 5.57 Å². The van der Waals surface area contributed by atoms with Crippen LogP contribution in [0.5, 0.6) is 11.8 Å². The Labute approximate surface area is 153 Å². The number of carbonyl (C=O) groups excluding carboxylic acids is 1. The predicted molar refractivity (Wildman–Crippen MR) is 96.4 cm³/mol. The van der Waals surface area contributed by atoms with E-state index in [1.807, 2.05) is 39.0 Å². The molecule has 142 valence electrons. The predicted octanol–water partition coefficient (Wildman–Crippen LogP) is 2.89. The van der Waals surface area contributed by atoms with Gasteiger partial charge in [-0.1, -0.05) is 6.08 Å². The van der Waals surface area contributed by atoms with Gasteiger partial charge in [0, 0.05) is 11.6 Å². The van der Waals surface area contributed by atoms with Crippen LogP contribution in [0.1, 0.15) is 32.8 Å². The lowest BCUT2D eigenvalue weighted by Crippen LogP contribution is -2.57. The molecule has 0 spiro atoms. The summed E-state index contributed by atoms with van der Waals surface area (Å²) in [4.78, 5) is 18.8. The number of hydrogen-bond acceptors (Lipinski definition) is 6. The third-order valence-corrected chi connectivity index (χ3v) is 4.39. The number of morpholine rings is 1. The molecule has 2 bridgehead atoms. The van der Waals surface area contributed by atoms with E-state index in [2.05, 4.69) is 4.98 Å². The van der Waals surface area contributed by atoms with E-state index in [1.54, 1.807) is 19.1 Å². The van der Waals surface area contributed by atoms with Gasteiger partial charge in [0.25, 0.3) is 0 Å². The third-order valence-electron chi connectivity index (χ3n) is 4.39. The maximum absolute atomic E-state index is 12.6. The highest BCUT2D eigenvalue weighted by Gasteiger charge is 2.40. The van der Waals surface area contributed by atoms with Gasteiger partial charge < -0.3 is 18.9 Å². The number of amides is 1. The molecule has 3 heterocycles. The number of carbonyl (C=O) groups is 1. The van der Waals surface area contributed by atoms with Crippen molar-refractivity contribution < 1.29 is 23.7 Å². The maximum atomic E-state index is 12.6. The lowest BCUT2D eigenvalue weighted by atomic mass is 9.90. The highest BCUT2D eigenvalue weighted by Crippen LogP contribution is 2.37. The second-order valence-electron chi connectivity index (χ2n) is 7.45. The lowest BCUT2D eigenvalue weighted by molar-refractivity contribution is -0.0510. The van der Waals surface area contributed by atoms with Crippen LogP contribution in [0.4, 0.5) is 4.79 Å². The first-order valence-electron chi connectivity index (χ1n) is 8.71. The van der Waals surface area contributed by atoms with Crippen molar-refractivity contribution in [2.45, 2.75) is 44.9 Å². The van der Waals surface area contributed by atoms with Gasteiger partial charge >= 0.3 is 6.09 Å². The Kier molecular flexibility index (Phi) is 5.09. The van der Waals surface area contributed by atoms with Crippen molar-refractivity contribution in [2.75, 3.05) is 27.4 Å². The Bertz CT molecular complexity index is 710. The van der Waals surface area contributed by atoms with Crippen molar-refractivity contribution in [3.05, 3.63) is 23.8 Å². The Morgan fingerprint density at radius 1 is 1.23 bits per heavy atom. The summed E-state index contributed by atoms with van der Waals surface area (Å²) in [7, 11) is 3.16. The zero-order valence-electron chi connectivity index (χ0n) is 15.9. The summed E-state index contributed by atoms with van der Waals surface area (Å²) in [5.74, 6) is 1.02. The molecule has 1 fully saturated rings. The van der Waals surface area contributed by atoms with Gasteiger partial charge in [-0.05, 0) is 38.8 Å². The molecule has 2 atom stereocenters. The summed E-state index contributed by atoms with van der Waals surface area (Å²) < 4.78 is 21.8. The molecule has 7 nitrogen and oxygen atoms in total. The van der Waals surface area contributed by atoms with E-state index in [1.165, 1.54) is 0 Å². The second kappa shape index (κ2) is 7.15. The van der Waals surface area contributed by atoms with Gasteiger partial charge in [-0.25, -0.2) is 4.79 Å². The van der Waals surface area contributed by atoms with Crippen molar-refractivity contribution in [1.82, 2.24) is 9.88 Å². The smallest absolute Gasteiger partial charge is 0.411 e. The SMILES string of the molecule is COc1ccc(C2=CC3COCC(C2)N3C(=O)OC(C)(C)C)c(OC)n1. The van der Waals surface area contributed by atoms with E-state index in [0.717, 1.165) is 11.1 Å². The zero-order chi connectivity index (χ0) is 18.9. The molecule has 0 saturated carbocycles. The highest BCUT2D eigenvalue weighted by atomic mass is 16.6. The molecular weight excluding hydrogens is 336 g/mol. The van der Waals surface area contributed by atoms with E-state index in [0.29, 0.717) is 31.4 Å². The monoisotopic (exact) mass is 362 g/mol. The highest BCUT2D eigenvalue weighted by molar-refractivity contribution is 5.76. The minimum atomic E-state index is -0.528. The van der Waals surface area contributed by atoms with Crippen molar-refractivity contribution in [1.29, 1.82) is 0 Å². The van der Waals surface area contributed by atoms with Gasteiger partial charge in [-0.3, -0.25) is 4.90 Å². The summed E-state index contributed by atoms with van der Waals surface area (Å²) in [5, 5.41) is 0. The van der Waals surface area contributed by atoms with Crippen LogP contribution in [-0.4, -0.2) is 61.1 Å². The van der Waals surface area contributed by atoms with Gasteiger partial charge in [0.2, 0.25) is 11.8 Å². The Morgan fingerprint density at radius 2 is 2.00 bits per heavy atom. The normalized spacial score (nSPS) is 22.5. The Hall–Kier alpha value is -2.28. The first-order chi connectivity index (χ1) is 12.3. The zero-order valence-corrected chi connectivity index (χ0v) is 15.9. The molecule has 26 heavy (non-hydrogen) atoms. The maximum Gasteiger partial charge on any atom is 0.411 e. The molecule has 1 saturated heterocycles. The summed E-state index contributed by atoms with van der Waals surface area (Å²) in [6.07, 6.45) is 2.40. The average Bonchev–Trinajstić information content (AvgIpc) is 2.58. The summed E-state index contributed by atoms with van der Waals surface area (Å²) in [6, 6.07) is 3.51. The molecule has 1 aromatic heterocycles. The fourth-order valence-corrected chi connectivity index (χ4v) is 3.33. The minimum Gasteiger partial charge on any atom is -0.481 e. The van der Waals surface area contributed by atoms with Crippen LogP contribution in [0, 0.1) is 0 Å². The van der Waals surface area contributed by atoms with Crippen LogP contribution in [-0.2, 0) is 9.47 Å². The summed E-state index contributed by atoms with van der Waals surface area (Å²) in [6.45, 7) is 6.55. The number of fused-ring (bicyclic) bond motifs is 2. The quantitative estimate of drug-likeness (QED) is 0.823. The molecule has 2 aliphatic heterocycles. The number of ether oxygens (including phenoxy) is 4. The summed E-state index contributed by atoms with van der Waals surface area (Å²) in [5.41, 5.74) is 1.48. The van der Waals surface area contributed by atoms with E-state index in [4.69, 9.17) is 18.9 Å². The molecule has 0 aliphatic carbocycles. The van der Waals surface area contributed by atoms with Gasteiger partial charge in [0.15, 0.2) is 0 Å². The second-order valence-corrected chi connectivity index (χ2v) is 7.45. The molecule has 0 radical (unpaired) electrons. The molecule has 0 N–H and O–H groups in total. The Balaban J connectivity index is 1.90. The van der Waals surface area contributed by atoms with Crippen molar-refractivity contribution in [2.24, 2.45) is 0 Å². The number of methoxy groups -OCH3 is 2. The van der Waals surface area contributed by atoms with E-state index >= 15 is 0 Å². The number of nitrogens with zero attached hydrogens (tertiary/aromatic N) is 2. The van der Waals surface area contributed by atoms with Crippen molar-refractivity contribution in [3.8, 4) is 11.8 Å². The first kappa shape index (κ1) is 18.5. The standard InChI is InChI=1S/C19H26N2O5/c1-19(2,3)26-18(22)21-13-8-12(9-14(21)11-25-10-13)15-6-7-16(23-4)20-17(15)24-5/h6-8,13-14H,9-11H2,1-5H3. The molecule has 2 aliphatic rings. The molecule has 0 aromatic carbocycles. The van der Waals surface area contributed by atoms with Crippen LogP contribution < -0.4 is 9.47 Å². The summed E-state index contributed by atoms with van der Waals surface area (Å²) >= 11 is 0. The minimum absolute atomic E-state index is 0.0737. The van der Waals surface area contributed by atoms with Gasteiger partial charge in [0.05, 0.1) is 39.5 Å². The average molecular weight is 362 g/mol.